The van der Waals surface area contributed by atoms with Crippen molar-refractivity contribution >= 4 is 15.7 Å². The zero-order valence-corrected chi connectivity index (χ0v) is 17.7. The summed E-state index contributed by atoms with van der Waals surface area (Å²) < 4.78 is 45.4. The van der Waals surface area contributed by atoms with E-state index >= 15 is 0 Å². The van der Waals surface area contributed by atoms with Crippen LogP contribution in [0, 0.1) is 0 Å². The molecular formula is C21H26N2O5S. The predicted octanol–water partition coefficient (Wildman–Crippen LogP) is 2.69. The molecule has 1 atom stereocenters. The number of methoxy groups -OCH3 is 1. The van der Waals surface area contributed by atoms with Crippen LogP contribution in [0.5, 0.6) is 17.2 Å². The highest BCUT2D eigenvalue weighted by Gasteiger charge is 2.27. The van der Waals surface area contributed by atoms with Crippen LogP contribution in [0.2, 0.25) is 0 Å². The molecule has 8 heteroatoms. The molecule has 1 aliphatic carbocycles. The molecule has 1 aliphatic heterocycles. The van der Waals surface area contributed by atoms with Crippen molar-refractivity contribution in [1.29, 1.82) is 0 Å². The van der Waals surface area contributed by atoms with Gasteiger partial charge in [-0.05, 0) is 63.2 Å². The molecule has 2 aromatic rings. The molecule has 1 N–H and O–H groups in total. The molecule has 1 heterocycles. The van der Waals surface area contributed by atoms with E-state index < -0.39 is 10.0 Å². The van der Waals surface area contributed by atoms with Gasteiger partial charge in [0.05, 0.1) is 17.7 Å². The van der Waals surface area contributed by atoms with Gasteiger partial charge in [0, 0.05) is 17.7 Å². The summed E-state index contributed by atoms with van der Waals surface area (Å²) in [6.45, 7) is 0.867. The number of nitrogens with zero attached hydrogens (tertiary/aromatic N) is 1. The smallest absolute Gasteiger partial charge is 0.262 e. The fourth-order valence-corrected chi connectivity index (χ4v) is 5.06. The summed E-state index contributed by atoms with van der Waals surface area (Å²) in [6, 6.07) is 8.69. The molecule has 4 rings (SSSR count). The van der Waals surface area contributed by atoms with Gasteiger partial charge < -0.3 is 19.1 Å². The molecule has 0 bridgehead atoms. The second kappa shape index (κ2) is 7.76. The molecule has 0 saturated carbocycles. The SMILES string of the molecule is COc1ccc(NS(=O)(=O)c2ccc3c(c2)OCCO3)c2c1C[C@@H](N(C)C)CC2. The highest BCUT2D eigenvalue weighted by atomic mass is 32.2. The summed E-state index contributed by atoms with van der Waals surface area (Å²) in [5.74, 6) is 1.81. The maximum atomic E-state index is 13.1. The Balaban J connectivity index is 1.67. The summed E-state index contributed by atoms with van der Waals surface area (Å²) in [4.78, 5) is 2.35. The number of fused-ring (bicyclic) bond motifs is 2. The second-order valence-corrected chi connectivity index (χ2v) is 9.23. The van der Waals surface area contributed by atoms with Crippen molar-refractivity contribution in [3.05, 3.63) is 41.5 Å². The van der Waals surface area contributed by atoms with Gasteiger partial charge in [-0.25, -0.2) is 8.42 Å². The molecule has 2 aromatic carbocycles. The van der Waals surface area contributed by atoms with E-state index in [4.69, 9.17) is 14.2 Å². The zero-order chi connectivity index (χ0) is 20.6. The van der Waals surface area contributed by atoms with Gasteiger partial charge in [-0.2, -0.15) is 0 Å². The van der Waals surface area contributed by atoms with E-state index in [0.717, 1.165) is 36.1 Å². The Kier molecular flexibility index (Phi) is 5.31. The van der Waals surface area contributed by atoms with Crippen molar-refractivity contribution < 1.29 is 22.6 Å². The lowest BCUT2D eigenvalue weighted by Crippen LogP contribution is -2.34. The Labute approximate surface area is 171 Å². The van der Waals surface area contributed by atoms with Crippen molar-refractivity contribution in [2.24, 2.45) is 0 Å². The first-order valence-corrected chi connectivity index (χ1v) is 11.1. The molecule has 2 aliphatic rings. The Hall–Kier alpha value is -2.45. The van der Waals surface area contributed by atoms with E-state index in [0.29, 0.717) is 36.4 Å². The number of anilines is 1. The van der Waals surface area contributed by atoms with Crippen LogP contribution in [-0.4, -0.2) is 53.8 Å². The molecule has 0 radical (unpaired) electrons. The third-order valence-corrected chi connectivity index (χ3v) is 6.94. The van der Waals surface area contributed by atoms with Crippen molar-refractivity contribution in [3.8, 4) is 17.2 Å². The van der Waals surface area contributed by atoms with Gasteiger partial charge in [0.25, 0.3) is 10.0 Å². The fraction of sp³-hybridized carbons (Fsp3) is 0.429. The number of rotatable bonds is 5. The minimum atomic E-state index is -3.77. The molecule has 0 spiro atoms. The normalized spacial score (nSPS) is 18.3. The van der Waals surface area contributed by atoms with Gasteiger partial charge >= 0.3 is 0 Å². The monoisotopic (exact) mass is 418 g/mol. The first-order valence-electron chi connectivity index (χ1n) is 9.66. The molecule has 7 nitrogen and oxygen atoms in total. The van der Waals surface area contributed by atoms with E-state index in [1.165, 1.54) is 12.1 Å². The van der Waals surface area contributed by atoms with Crippen LogP contribution in [0.1, 0.15) is 17.5 Å². The van der Waals surface area contributed by atoms with Crippen LogP contribution >= 0.6 is 0 Å². The topological polar surface area (TPSA) is 77.1 Å². The Bertz CT molecular complexity index is 1020. The van der Waals surface area contributed by atoms with Crippen molar-refractivity contribution in [3.63, 3.8) is 0 Å². The molecule has 0 saturated heterocycles. The molecular weight excluding hydrogens is 392 g/mol. The molecule has 156 valence electrons. The van der Waals surface area contributed by atoms with Crippen LogP contribution < -0.4 is 18.9 Å². The minimum absolute atomic E-state index is 0.147. The quantitative estimate of drug-likeness (QED) is 0.805. The lowest BCUT2D eigenvalue weighted by molar-refractivity contribution is 0.171. The molecule has 0 aromatic heterocycles. The van der Waals surface area contributed by atoms with Crippen molar-refractivity contribution in [2.75, 3.05) is 39.1 Å². The fourth-order valence-electron chi connectivity index (χ4n) is 3.95. The van der Waals surface area contributed by atoms with E-state index in [1.54, 1.807) is 19.2 Å². The molecule has 0 amide bonds. The maximum Gasteiger partial charge on any atom is 0.262 e. The van der Waals surface area contributed by atoms with Gasteiger partial charge in [0.1, 0.15) is 19.0 Å². The summed E-state index contributed by atoms with van der Waals surface area (Å²) in [5, 5.41) is 0. The van der Waals surface area contributed by atoms with Gasteiger partial charge in [-0.3, -0.25) is 4.72 Å². The number of sulfonamides is 1. The highest BCUT2D eigenvalue weighted by Crippen LogP contribution is 2.37. The van der Waals surface area contributed by atoms with Gasteiger partial charge in [-0.1, -0.05) is 0 Å². The first kappa shape index (κ1) is 19.8. The third-order valence-electron chi connectivity index (χ3n) is 5.57. The maximum absolute atomic E-state index is 13.1. The van der Waals surface area contributed by atoms with Crippen molar-refractivity contribution in [1.82, 2.24) is 4.90 Å². The standard InChI is InChI=1S/C21H26N2O5S/c1-23(2)14-4-6-16-17(12-14)19(26-3)9-7-18(16)22-29(24,25)15-5-8-20-21(13-15)28-11-10-27-20/h5,7-9,13-14,22H,4,6,10-12H2,1-3H3/t14-/m0/s1. The summed E-state index contributed by atoms with van der Waals surface area (Å²) in [5.41, 5.74) is 2.68. The van der Waals surface area contributed by atoms with Crippen LogP contribution in [-0.2, 0) is 22.9 Å². The lowest BCUT2D eigenvalue weighted by atomic mass is 9.86. The van der Waals surface area contributed by atoms with Crippen LogP contribution in [0.15, 0.2) is 35.2 Å². The predicted molar refractivity (Wildman–Crippen MR) is 111 cm³/mol. The van der Waals surface area contributed by atoms with E-state index in [1.807, 2.05) is 6.07 Å². The Morgan fingerprint density at radius 1 is 1.07 bits per heavy atom. The van der Waals surface area contributed by atoms with Gasteiger partial charge in [0.15, 0.2) is 11.5 Å². The second-order valence-electron chi connectivity index (χ2n) is 7.54. The lowest BCUT2D eigenvalue weighted by Gasteiger charge is -2.32. The summed E-state index contributed by atoms with van der Waals surface area (Å²) in [7, 11) is 2.01. The number of benzene rings is 2. The molecule has 0 unspecified atom stereocenters. The Morgan fingerprint density at radius 3 is 2.55 bits per heavy atom. The van der Waals surface area contributed by atoms with E-state index in [-0.39, 0.29) is 4.90 Å². The van der Waals surface area contributed by atoms with Crippen LogP contribution in [0.3, 0.4) is 0 Å². The van der Waals surface area contributed by atoms with Gasteiger partial charge in [-0.15, -0.1) is 0 Å². The molecule has 0 fully saturated rings. The van der Waals surface area contributed by atoms with Gasteiger partial charge in [0.2, 0.25) is 0 Å². The first-order chi connectivity index (χ1) is 13.9. The summed E-state index contributed by atoms with van der Waals surface area (Å²) >= 11 is 0. The zero-order valence-electron chi connectivity index (χ0n) is 16.9. The number of nitrogens with one attached hydrogen (secondary N) is 1. The number of hydrogen-bond acceptors (Lipinski definition) is 6. The highest BCUT2D eigenvalue weighted by molar-refractivity contribution is 7.92. The van der Waals surface area contributed by atoms with Crippen molar-refractivity contribution in [2.45, 2.75) is 30.2 Å². The number of ether oxygens (including phenoxy) is 3. The average molecular weight is 419 g/mol. The third kappa shape index (κ3) is 3.86. The van der Waals surface area contributed by atoms with E-state index in [2.05, 4.69) is 23.7 Å². The largest absolute Gasteiger partial charge is 0.496 e. The average Bonchev–Trinajstić information content (AvgIpc) is 2.73. The van der Waals surface area contributed by atoms with E-state index in [9.17, 15) is 8.42 Å². The Morgan fingerprint density at radius 2 is 1.83 bits per heavy atom. The van der Waals surface area contributed by atoms with Crippen LogP contribution in [0.25, 0.3) is 0 Å². The number of likely N-dealkylation sites (N-methyl/N-ethyl adjacent to an activating group) is 1. The van der Waals surface area contributed by atoms with Crippen LogP contribution in [0.4, 0.5) is 5.69 Å². The molecule has 29 heavy (non-hydrogen) atoms. The minimum Gasteiger partial charge on any atom is -0.496 e. The summed E-state index contributed by atoms with van der Waals surface area (Å²) in [6.07, 6.45) is 2.57. The number of hydrogen-bond donors (Lipinski definition) is 1.